The van der Waals surface area contributed by atoms with Gasteiger partial charge in [-0.25, -0.2) is 0 Å². The van der Waals surface area contributed by atoms with E-state index in [1.165, 1.54) is 30.6 Å². The molecule has 1 atom stereocenters. The van der Waals surface area contributed by atoms with Crippen LogP contribution in [0.5, 0.6) is 0 Å². The van der Waals surface area contributed by atoms with E-state index in [-0.39, 0.29) is 0 Å². The van der Waals surface area contributed by atoms with Crippen LogP contribution in [-0.2, 0) is 0 Å². The molecule has 0 radical (unpaired) electrons. The molecule has 3 rings (SSSR count). The zero-order chi connectivity index (χ0) is 13.1. The summed E-state index contributed by atoms with van der Waals surface area (Å²) in [5.41, 5.74) is 2.91. The average Bonchev–Trinajstić information content (AvgIpc) is 2.88. The van der Waals surface area contributed by atoms with Crippen molar-refractivity contribution in [2.24, 2.45) is 5.92 Å². The quantitative estimate of drug-likeness (QED) is 0.802. The van der Waals surface area contributed by atoms with Crippen molar-refractivity contribution in [3.05, 3.63) is 71.8 Å². The third kappa shape index (κ3) is 2.71. The molecule has 2 aromatic carbocycles. The topological polar surface area (TPSA) is 3.24 Å². The minimum absolute atomic E-state index is 0.535. The van der Waals surface area contributed by atoms with Gasteiger partial charge in [-0.1, -0.05) is 60.7 Å². The Morgan fingerprint density at radius 3 is 1.84 bits per heavy atom. The molecule has 1 heterocycles. The molecule has 1 saturated heterocycles. The number of hydrogen-bond donors (Lipinski definition) is 0. The number of benzene rings is 2. The van der Waals surface area contributed by atoms with E-state index in [0.29, 0.717) is 5.92 Å². The van der Waals surface area contributed by atoms with Crippen molar-refractivity contribution in [1.82, 2.24) is 4.90 Å². The molecule has 19 heavy (non-hydrogen) atoms. The van der Waals surface area contributed by atoms with Gasteiger partial charge in [-0.3, -0.25) is 0 Å². The molecule has 1 aliphatic rings. The molecule has 0 amide bonds. The molecule has 0 aliphatic carbocycles. The summed E-state index contributed by atoms with van der Waals surface area (Å²) in [7, 11) is 2.23. The summed E-state index contributed by atoms with van der Waals surface area (Å²) in [5.74, 6) is 1.27. The molecule has 0 unspecified atom stereocenters. The maximum Gasteiger partial charge on any atom is 0.0130 e. The minimum Gasteiger partial charge on any atom is -0.306 e. The number of likely N-dealkylation sites (tertiary alicyclic amines) is 1. The Labute approximate surface area is 115 Å². The number of rotatable bonds is 3. The first-order valence-corrected chi connectivity index (χ1v) is 7.13. The summed E-state index contributed by atoms with van der Waals surface area (Å²) < 4.78 is 0. The molecule has 0 N–H and O–H groups in total. The zero-order valence-electron chi connectivity index (χ0n) is 11.5. The van der Waals surface area contributed by atoms with E-state index >= 15 is 0 Å². The molecule has 98 valence electrons. The molecule has 1 nitrogen and oxygen atoms in total. The van der Waals surface area contributed by atoms with Gasteiger partial charge in [0.25, 0.3) is 0 Å². The van der Waals surface area contributed by atoms with E-state index in [2.05, 4.69) is 72.6 Å². The predicted molar refractivity (Wildman–Crippen MR) is 80.3 cm³/mol. The first-order chi connectivity index (χ1) is 9.34. The molecule has 0 aromatic heterocycles. The normalized spacial score (nSPS) is 20.0. The van der Waals surface area contributed by atoms with E-state index in [0.717, 1.165) is 5.92 Å². The summed E-state index contributed by atoms with van der Waals surface area (Å²) in [4.78, 5) is 2.45. The highest BCUT2D eigenvalue weighted by atomic mass is 15.1. The molecule has 2 aromatic rings. The Morgan fingerprint density at radius 2 is 1.42 bits per heavy atom. The maximum atomic E-state index is 2.45. The van der Waals surface area contributed by atoms with E-state index in [1.807, 2.05) is 0 Å². The molecular weight excluding hydrogens is 230 g/mol. The van der Waals surface area contributed by atoms with Gasteiger partial charge in [0.1, 0.15) is 0 Å². The van der Waals surface area contributed by atoms with Crippen molar-refractivity contribution in [2.45, 2.75) is 12.3 Å². The van der Waals surface area contributed by atoms with Gasteiger partial charge in [-0.05, 0) is 37.1 Å². The van der Waals surface area contributed by atoms with Gasteiger partial charge in [0.2, 0.25) is 0 Å². The lowest BCUT2D eigenvalue weighted by Crippen LogP contribution is -2.19. The Hall–Kier alpha value is -1.60. The fourth-order valence-electron chi connectivity index (χ4n) is 3.30. The van der Waals surface area contributed by atoms with E-state index in [1.54, 1.807) is 0 Å². The Morgan fingerprint density at radius 1 is 0.895 bits per heavy atom. The molecule has 0 saturated carbocycles. The van der Waals surface area contributed by atoms with Crippen LogP contribution in [0.25, 0.3) is 0 Å². The summed E-state index contributed by atoms with van der Waals surface area (Å²) in [6.07, 6.45) is 1.30. The van der Waals surface area contributed by atoms with Gasteiger partial charge < -0.3 is 4.90 Å². The van der Waals surface area contributed by atoms with Gasteiger partial charge in [0.15, 0.2) is 0 Å². The smallest absolute Gasteiger partial charge is 0.0130 e. The third-order valence-electron chi connectivity index (χ3n) is 4.22. The molecule has 0 spiro atoms. The predicted octanol–water partition coefficient (Wildman–Crippen LogP) is 3.77. The fraction of sp³-hybridized carbons (Fsp3) is 0.333. The van der Waals surface area contributed by atoms with Gasteiger partial charge in [-0.15, -0.1) is 0 Å². The second-order valence-electron chi connectivity index (χ2n) is 5.61. The summed E-state index contributed by atoms with van der Waals surface area (Å²) in [6.45, 7) is 2.43. The molecular formula is C18H21N. The van der Waals surface area contributed by atoms with Crippen molar-refractivity contribution in [3.8, 4) is 0 Å². The van der Waals surface area contributed by atoms with Crippen LogP contribution in [0.1, 0.15) is 23.5 Å². The minimum atomic E-state index is 0.535. The second kappa shape index (κ2) is 5.58. The summed E-state index contributed by atoms with van der Waals surface area (Å²) >= 11 is 0. The maximum absolute atomic E-state index is 2.45. The first-order valence-electron chi connectivity index (χ1n) is 7.13. The van der Waals surface area contributed by atoms with Crippen LogP contribution >= 0.6 is 0 Å². The van der Waals surface area contributed by atoms with Crippen molar-refractivity contribution >= 4 is 0 Å². The largest absolute Gasteiger partial charge is 0.306 e. The molecule has 1 heteroatoms. The fourth-order valence-corrected chi connectivity index (χ4v) is 3.30. The van der Waals surface area contributed by atoms with Gasteiger partial charge >= 0.3 is 0 Å². The highest BCUT2D eigenvalue weighted by molar-refractivity contribution is 5.33. The van der Waals surface area contributed by atoms with Crippen LogP contribution in [-0.4, -0.2) is 25.0 Å². The van der Waals surface area contributed by atoms with Gasteiger partial charge in [-0.2, -0.15) is 0 Å². The zero-order valence-corrected chi connectivity index (χ0v) is 11.5. The highest BCUT2D eigenvalue weighted by Crippen LogP contribution is 2.36. The van der Waals surface area contributed by atoms with E-state index in [9.17, 15) is 0 Å². The van der Waals surface area contributed by atoms with Crippen LogP contribution in [0, 0.1) is 5.92 Å². The molecule has 0 bridgehead atoms. The van der Waals surface area contributed by atoms with Crippen molar-refractivity contribution < 1.29 is 0 Å². The number of nitrogens with zero attached hydrogens (tertiary/aromatic N) is 1. The van der Waals surface area contributed by atoms with E-state index < -0.39 is 0 Å². The lowest BCUT2D eigenvalue weighted by Gasteiger charge is -2.24. The first kappa shape index (κ1) is 12.4. The third-order valence-corrected chi connectivity index (χ3v) is 4.22. The Kier molecular flexibility index (Phi) is 3.65. The van der Waals surface area contributed by atoms with Crippen LogP contribution in [0.15, 0.2) is 60.7 Å². The van der Waals surface area contributed by atoms with Gasteiger partial charge in [0.05, 0.1) is 0 Å². The van der Waals surface area contributed by atoms with Crippen LogP contribution < -0.4 is 0 Å². The van der Waals surface area contributed by atoms with Gasteiger partial charge in [0, 0.05) is 12.5 Å². The number of hydrogen-bond acceptors (Lipinski definition) is 1. The molecule has 1 aliphatic heterocycles. The second-order valence-corrected chi connectivity index (χ2v) is 5.61. The lowest BCUT2D eigenvalue weighted by molar-refractivity contribution is 0.383. The van der Waals surface area contributed by atoms with Crippen LogP contribution in [0.2, 0.25) is 0 Å². The lowest BCUT2D eigenvalue weighted by atomic mass is 9.80. The summed E-state index contributed by atoms with van der Waals surface area (Å²) in [5, 5.41) is 0. The van der Waals surface area contributed by atoms with Crippen molar-refractivity contribution in [2.75, 3.05) is 20.1 Å². The monoisotopic (exact) mass is 251 g/mol. The molecule has 1 fully saturated rings. The standard InChI is InChI=1S/C18H21N/c1-19-13-12-17(14-19)18(15-8-4-2-5-9-15)16-10-6-3-7-11-16/h2-11,17-18H,12-14H2,1H3/t17-/m1/s1. The Bertz CT molecular complexity index is 466. The average molecular weight is 251 g/mol. The SMILES string of the molecule is CN1CC[C@@H](C(c2ccccc2)c2ccccc2)C1. The van der Waals surface area contributed by atoms with E-state index in [4.69, 9.17) is 0 Å². The summed E-state index contributed by atoms with van der Waals surface area (Å²) in [6, 6.07) is 21.9. The van der Waals surface area contributed by atoms with Crippen molar-refractivity contribution in [1.29, 1.82) is 0 Å². The van der Waals surface area contributed by atoms with Crippen LogP contribution in [0.3, 0.4) is 0 Å². The van der Waals surface area contributed by atoms with Crippen LogP contribution in [0.4, 0.5) is 0 Å². The highest BCUT2D eigenvalue weighted by Gasteiger charge is 2.29. The van der Waals surface area contributed by atoms with Crippen molar-refractivity contribution in [3.63, 3.8) is 0 Å². The Balaban J connectivity index is 1.97.